The maximum absolute atomic E-state index is 11.2. The molecular weight excluding hydrogens is 294 g/mol. The number of carboxylic acid groups (broad SMARTS) is 1. The van der Waals surface area contributed by atoms with Crippen LogP contribution in [0, 0.1) is 10.1 Å². The van der Waals surface area contributed by atoms with E-state index in [0.29, 0.717) is 16.5 Å². The number of aryl methyl sites for hydroxylation is 1. The Morgan fingerprint density at radius 2 is 2.24 bits per heavy atom. The second-order valence-electron chi connectivity index (χ2n) is 4.68. The van der Waals surface area contributed by atoms with Crippen LogP contribution in [0.15, 0.2) is 23.2 Å². The number of rotatable bonds is 5. The fourth-order valence-electron chi connectivity index (χ4n) is 2.39. The van der Waals surface area contributed by atoms with Crippen molar-refractivity contribution in [1.29, 1.82) is 0 Å². The Labute approximate surface area is 124 Å². The standard InChI is InChI=1S/C13H15N3O4S/c1-15-6-7(5-8(14)13(17)18)11-10(21-2)4-3-9(12(11)15)16(19)20/h3-4,6,8H,5,14H2,1-2H3,(H,17,18). The number of fused-ring (bicyclic) bond motifs is 1. The van der Waals surface area contributed by atoms with Crippen molar-refractivity contribution < 1.29 is 14.8 Å². The summed E-state index contributed by atoms with van der Waals surface area (Å²) in [7, 11) is 1.70. The average molecular weight is 309 g/mol. The van der Waals surface area contributed by atoms with Gasteiger partial charge in [-0.3, -0.25) is 14.9 Å². The van der Waals surface area contributed by atoms with Crippen molar-refractivity contribution in [1.82, 2.24) is 4.57 Å². The molecule has 0 amide bonds. The van der Waals surface area contributed by atoms with Gasteiger partial charge < -0.3 is 15.4 Å². The summed E-state index contributed by atoms with van der Waals surface area (Å²) in [6.45, 7) is 0. The van der Waals surface area contributed by atoms with Gasteiger partial charge in [0.1, 0.15) is 11.6 Å². The van der Waals surface area contributed by atoms with Crippen LogP contribution in [-0.4, -0.2) is 32.9 Å². The van der Waals surface area contributed by atoms with Crippen LogP contribution in [0.3, 0.4) is 0 Å². The number of nitrogens with zero attached hydrogens (tertiary/aromatic N) is 2. The number of aromatic nitrogens is 1. The molecule has 2 rings (SSSR count). The van der Waals surface area contributed by atoms with Crippen molar-refractivity contribution in [3.05, 3.63) is 34.0 Å². The molecule has 0 fully saturated rings. The molecule has 0 bridgehead atoms. The van der Waals surface area contributed by atoms with Crippen LogP contribution in [0.5, 0.6) is 0 Å². The van der Waals surface area contributed by atoms with Crippen molar-refractivity contribution in [2.45, 2.75) is 17.4 Å². The SMILES string of the molecule is CSc1ccc([N+](=O)[O-])c2c1c(CC(N)C(=O)O)cn2C. The molecule has 3 N–H and O–H groups in total. The molecule has 8 heteroatoms. The number of benzene rings is 1. The molecule has 1 unspecified atom stereocenters. The number of carbonyl (C=O) groups is 1. The minimum Gasteiger partial charge on any atom is -0.480 e. The van der Waals surface area contributed by atoms with Gasteiger partial charge in [0.25, 0.3) is 5.69 Å². The van der Waals surface area contributed by atoms with Gasteiger partial charge in [0, 0.05) is 36.0 Å². The third-order valence-electron chi connectivity index (χ3n) is 3.32. The van der Waals surface area contributed by atoms with E-state index in [1.165, 1.54) is 17.8 Å². The van der Waals surface area contributed by atoms with E-state index in [-0.39, 0.29) is 12.1 Å². The van der Waals surface area contributed by atoms with Gasteiger partial charge in [-0.1, -0.05) is 0 Å². The summed E-state index contributed by atoms with van der Waals surface area (Å²) in [6.07, 6.45) is 3.70. The normalized spacial score (nSPS) is 12.5. The molecule has 0 aliphatic heterocycles. The first-order valence-corrected chi connectivity index (χ1v) is 7.37. The number of hydrogen-bond donors (Lipinski definition) is 2. The largest absolute Gasteiger partial charge is 0.480 e. The van der Waals surface area contributed by atoms with Crippen molar-refractivity contribution in [2.75, 3.05) is 6.26 Å². The summed E-state index contributed by atoms with van der Waals surface area (Å²) in [5, 5.41) is 20.8. The third kappa shape index (κ3) is 2.72. The van der Waals surface area contributed by atoms with Crippen molar-refractivity contribution >= 4 is 34.3 Å². The number of non-ortho nitro benzene ring substituents is 1. The maximum atomic E-state index is 11.2. The van der Waals surface area contributed by atoms with Crippen LogP contribution in [0.4, 0.5) is 5.69 Å². The van der Waals surface area contributed by atoms with E-state index in [9.17, 15) is 14.9 Å². The second-order valence-corrected chi connectivity index (χ2v) is 5.53. The van der Waals surface area contributed by atoms with Crippen LogP contribution in [0.25, 0.3) is 10.9 Å². The van der Waals surface area contributed by atoms with Crippen LogP contribution >= 0.6 is 11.8 Å². The van der Waals surface area contributed by atoms with Gasteiger partial charge in [-0.2, -0.15) is 0 Å². The molecule has 7 nitrogen and oxygen atoms in total. The topological polar surface area (TPSA) is 111 Å². The Morgan fingerprint density at radius 1 is 1.57 bits per heavy atom. The molecule has 0 aliphatic carbocycles. The van der Waals surface area contributed by atoms with Gasteiger partial charge in [-0.25, -0.2) is 0 Å². The van der Waals surface area contributed by atoms with E-state index < -0.39 is 16.9 Å². The molecule has 0 spiro atoms. The lowest BCUT2D eigenvalue weighted by atomic mass is 10.1. The number of aliphatic carboxylic acids is 1. The van der Waals surface area contributed by atoms with Crippen molar-refractivity contribution in [2.24, 2.45) is 12.8 Å². The quantitative estimate of drug-likeness (QED) is 0.494. The second kappa shape index (κ2) is 5.74. The summed E-state index contributed by atoms with van der Waals surface area (Å²) < 4.78 is 1.65. The smallest absolute Gasteiger partial charge is 0.320 e. The van der Waals surface area contributed by atoms with Gasteiger partial charge >= 0.3 is 5.97 Å². The Bertz CT molecular complexity index is 726. The lowest BCUT2D eigenvalue weighted by Gasteiger charge is -2.07. The first-order chi connectivity index (χ1) is 9.86. The molecular formula is C13H15N3O4S. The highest BCUT2D eigenvalue weighted by Gasteiger charge is 2.23. The monoisotopic (exact) mass is 309 g/mol. The zero-order valence-corrected chi connectivity index (χ0v) is 12.4. The first-order valence-electron chi connectivity index (χ1n) is 6.14. The zero-order chi connectivity index (χ0) is 15.7. The van der Waals surface area contributed by atoms with Gasteiger partial charge in [-0.15, -0.1) is 11.8 Å². The molecule has 1 heterocycles. The Kier molecular flexibility index (Phi) is 4.19. The first kappa shape index (κ1) is 15.3. The Morgan fingerprint density at radius 3 is 2.76 bits per heavy atom. The van der Waals surface area contributed by atoms with E-state index >= 15 is 0 Å². The molecule has 2 aromatic rings. The van der Waals surface area contributed by atoms with Crippen LogP contribution in [0.2, 0.25) is 0 Å². The molecule has 1 atom stereocenters. The van der Waals surface area contributed by atoms with E-state index in [1.807, 2.05) is 6.26 Å². The Balaban J connectivity index is 2.70. The van der Waals surface area contributed by atoms with E-state index in [1.54, 1.807) is 23.9 Å². The van der Waals surface area contributed by atoms with Crippen LogP contribution in [-0.2, 0) is 18.3 Å². The highest BCUT2D eigenvalue weighted by Crippen LogP contribution is 2.36. The van der Waals surface area contributed by atoms with Gasteiger partial charge in [0.15, 0.2) is 0 Å². The summed E-state index contributed by atoms with van der Waals surface area (Å²) in [6, 6.07) is 2.11. The molecule has 0 saturated heterocycles. The number of carboxylic acids is 1. The third-order valence-corrected chi connectivity index (χ3v) is 4.10. The van der Waals surface area contributed by atoms with Gasteiger partial charge in [0.2, 0.25) is 0 Å². The predicted octanol–water partition coefficient (Wildman–Crippen LogP) is 1.76. The summed E-state index contributed by atoms with van der Waals surface area (Å²) in [5.74, 6) is -1.09. The van der Waals surface area contributed by atoms with Gasteiger partial charge in [0.05, 0.1) is 4.92 Å². The zero-order valence-electron chi connectivity index (χ0n) is 11.6. The molecule has 1 aromatic carbocycles. The maximum Gasteiger partial charge on any atom is 0.320 e. The highest BCUT2D eigenvalue weighted by atomic mass is 32.2. The van der Waals surface area contributed by atoms with Crippen molar-refractivity contribution in [3.63, 3.8) is 0 Å². The fourth-order valence-corrected chi connectivity index (χ4v) is 3.02. The lowest BCUT2D eigenvalue weighted by molar-refractivity contribution is -0.383. The lowest BCUT2D eigenvalue weighted by Crippen LogP contribution is -2.32. The molecule has 0 saturated carbocycles. The molecule has 1 aromatic heterocycles. The number of nitro groups is 1. The number of hydrogen-bond acceptors (Lipinski definition) is 5. The number of nitro benzene ring substituents is 1. The molecule has 112 valence electrons. The van der Waals surface area contributed by atoms with E-state index in [4.69, 9.17) is 10.8 Å². The summed E-state index contributed by atoms with van der Waals surface area (Å²) in [5.41, 5.74) is 6.78. The molecule has 0 aliphatic rings. The summed E-state index contributed by atoms with van der Waals surface area (Å²) in [4.78, 5) is 22.5. The summed E-state index contributed by atoms with van der Waals surface area (Å²) >= 11 is 1.46. The van der Waals surface area contributed by atoms with Crippen LogP contribution in [0.1, 0.15) is 5.56 Å². The van der Waals surface area contributed by atoms with Gasteiger partial charge in [-0.05, 0) is 17.9 Å². The minimum atomic E-state index is -1.09. The average Bonchev–Trinajstić information content (AvgIpc) is 2.75. The van der Waals surface area contributed by atoms with E-state index in [2.05, 4.69) is 0 Å². The highest BCUT2D eigenvalue weighted by molar-refractivity contribution is 7.98. The molecule has 21 heavy (non-hydrogen) atoms. The minimum absolute atomic E-state index is 0.000413. The van der Waals surface area contributed by atoms with Crippen LogP contribution < -0.4 is 5.73 Å². The molecule has 0 radical (unpaired) electrons. The number of nitrogens with two attached hydrogens (primary N) is 1. The van der Waals surface area contributed by atoms with Crippen molar-refractivity contribution in [3.8, 4) is 0 Å². The predicted molar refractivity (Wildman–Crippen MR) is 80.7 cm³/mol. The number of thioether (sulfide) groups is 1. The fraction of sp³-hybridized carbons (Fsp3) is 0.308. The van der Waals surface area contributed by atoms with E-state index in [0.717, 1.165) is 4.90 Å². The Hall–Kier alpha value is -2.06.